The average molecular weight is 528 g/mol. The summed E-state index contributed by atoms with van der Waals surface area (Å²) < 4.78 is 10.8. The van der Waals surface area contributed by atoms with Gasteiger partial charge in [-0.05, 0) is 74.4 Å². The molecule has 9 nitrogen and oxygen atoms in total. The SMILES string of the molecule is CCCCC(Nc1ccc(C(=O)N[C@H](C)C(=O)OCC)cc1)c1ccc(-c2nnc(-c3ccccn3)o2)cc1. The van der Waals surface area contributed by atoms with E-state index in [9.17, 15) is 9.59 Å². The number of hydrogen-bond donors (Lipinski definition) is 2. The predicted molar refractivity (Wildman–Crippen MR) is 149 cm³/mol. The summed E-state index contributed by atoms with van der Waals surface area (Å²) in [6.07, 6.45) is 4.76. The highest BCUT2D eigenvalue weighted by molar-refractivity contribution is 5.97. The van der Waals surface area contributed by atoms with E-state index in [2.05, 4.69) is 44.9 Å². The van der Waals surface area contributed by atoms with Gasteiger partial charge in [0.2, 0.25) is 5.89 Å². The number of carbonyl (C=O) groups is 2. The Morgan fingerprint density at radius 1 is 0.949 bits per heavy atom. The fraction of sp³-hybridized carbons (Fsp3) is 0.300. The molecular formula is C30H33N5O4. The zero-order chi connectivity index (χ0) is 27.6. The molecule has 202 valence electrons. The van der Waals surface area contributed by atoms with Gasteiger partial charge in [-0.25, -0.2) is 4.79 Å². The fourth-order valence-electron chi connectivity index (χ4n) is 4.05. The van der Waals surface area contributed by atoms with Crippen molar-refractivity contribution in [2.24, 2.45) is 0 Å². The number of aromatic nitrogens is 3. The van der Waals surface area contributed by atoms with Gasteiger partial charge in [-0.3, -0.25) is 9.78 Å². The summed E-state index contributed by atoms with van der Waals surface area (Å²) in [5, 5.41) is 14.6. The van der Waals surface area contributed by atoms with Crippen molar-refractivity contribution < 1.29 is 18.7 Å². The van der Waals surface area contributed by atoms with Gasteiger partial charge in [0.25, 0.3) is 11.8 Å². The van der Waals surface area contributed by atoms with E-state index < -0.39 is 12.0 Å². The molecule has 0 saturated heterocycles. The average Bonchev–Trinajstić information content (AvgIpc) is 3.47. The third-order valence-corrected chi connectivity index (χ3v) is 6.19. The van der Waals surface area contributed by atoms with Gasteiger partial charge in [0.15, 0.2) is 0 Å². The molecular weight excluding hydrogens is 494 g/mol. The molecule has 0 spiro atoms. The molecule has 0 fully saturated rings. The molecule has 9 heteroatoms. The number of amides is 1. The molecule has 2 aromatic carbocycles. The molecule has 0 saturated carbocycles. The quantitative estimate of drug-likeness (QED) is 0.221. The van der Waals surface area contributed by atoms with E-state index in [-0.39, 0.29) is 18.6 Å². The van der Waals surface area contributed by atoms with Crippen LogP contribution in [-0.4, -0.2) is 39.7 Å². The molecule has 0 aliphatic rings. The number of nitrogens with zero attached hydrogens (tertiary/aromatic N) is 3. The summed E-state index contributed by atoms with van der Waals surface area (Å²) >= 11 is 0. The second-order valence-electron chi connectivity index (χ2n) is 9.11. The maximum Gasteiger partial charge on any atom is 0.328 e. The van der Waals surface area contributed by atoms with Crippen molar-refractivity contribution >= 4 is 17.6 Å². The molecule has 1 amide bonds. The molecule has 0 bridgehead atoms. The Bertz CT molecular complexity index is 1350. The van der Waals surface area contributed by atoms with Crippen LogP contribution in [0.15, 0.2) is 77.3 Å². The first kappa shape index (κ1) is 27.5. The van der Waals surface area contributed by atoms with Gasteiger partial charge in [0, 0.05) is 23.0 Å². The van der Waals surface area contributed by atoms with Crippen molar-refractivity contribution in [1.29, 1.82) is 0 Å². The van der Waals surface area contributed by atoms with E-state index in [1.807, 2.05) is 42.5 Å². The van der Waals surface area contributed by atoms with Gasteiger partial charge < -0.3 is 19.8 Å². The molecule has 4 rings (SSSR count). The monoisotopic (exact) mass is 527 g/mol. The number of anilines is 1. The third kappa shape index (κ3) is 7.28. The van der Waals surface area contributed by atoms with Gasteiger partial charge >= 0.3 is 5.97 Å². The first-order chi connectivity index (χ1) is 19.0. The van der Waals surface area contributed by atoms with Gasteiger partial charge in [-0.15, -0.1) is 10.2 Å². The zero-order valence-corrected chi connectivity index (χ0v) is 22.4. The Kier molecular flexibility index (Phi) is 9.39. The standard InChI is InChI=1S/C30H33N5O4/c1-4-6-9-25(33-24-17-15-22(16-18-24)27(36)32-20(3)30(37)38-5-2)21-11-13-23(14-12-21)28-34-35-29(39-28)26-10-7-8-19-31-26/h7-8,10-20,25,33H,4-6,9H2,1-3H3,(H,32,36)/t20-,25?/m1/s1. The third-order valence-electron chi connectivity index (χ3n) is 6.19. The Hall–Kier alpha value is -4.53. The van der Waals surface area contributed by atoms with Crippen LogP contribution in [0.1, 0.15) is 62.0 Å². The van der Waals surface area contributed by atoms with E-state index in [0.717, 1.165) is 36.1 Å². The summed E-state index contributed by atoms with van der Waals surface area (Å²) in [5.74, 6) is 0.0326. The molecule has 2 N–H and O–H groups in total. The second kappa shape index (κ2) is 13.3. The number of rotatable bonds is 12. The number of carbonyl (C=O) groups excluding carboxylic acids is 2. The largest absolute Gasteiger partial charge is 0.464 e. The number of benzene rings is 2. The van der Waals surface area contributed by atoms with Crippen LogP contribution in [0.25, 0.3) is 23.0 Å². The normalized spacial score (nSPS) is 12.4. The summed E-state index contributed by atoms with van der Waals surface area (Å²) in [6.45, 7) is 5.77. The van der Waals surface area contributed by atoms with Crippen LogP contribution < -0.4 is 10.6 Å². The maximum absolute atomic E-state index is 12.5. The minimum atomic E-state index is -0.717. The highest BCUT2D eigenvalue weighted by Gasteiger charge is 2.18. The minimum absolute atomic E-state index is 0.0780. The molecule has 39 heavy (non-hydrogen) atoms. The smallest absolute Gasteiger partial charge is 0.328 e. The van der Waals surface area contributed by atoms with Crippen molar-refractivity contribution in [3.63, 3.8) is 0 Å². The van der Waals surface area contributed by atoms with E-state index in [1.165, 1.54) is 0 Å². The molecule has 0 radical (unpaired) electrons. The molecule has 4 aromatic rings. The van der Waals surface area contributed by atoms with Crippen LogP contribution in [0.3, 0.4) is 0 Å². The number of hydrogen-bond acceptors (Lipinski definition) is 8. The second-order valence-corrected chi connectivity index (χ2v) is 9.11. The van der Waals surface area contributed by atoms with Crippen LogP contribution >= 0.6 is 0 Å². The van der Waals surface area contributed by atoms with Gasteiger partial charge in [-0.2, -0.15) is 0 Å². The Morgan fingerprint density at radius 2 is 1.69 bits per heavy atom. The van der Waals surface area contributed by atoms with Gasteiger partial charge in [0.1, 0.15) is 11.7 Å². The van der Waals surface area contributed by atoms with E-state index >= 15 is 0 Å². The van der Waals surface area contributed by atoms with Crippen LogP contribution in [0.5, 0.6) is 0 Å². The van der Waals surface area contributed by atoms with Gasteiger partial charge in [-0.1, -0.05) is 38.0 Å². The Morgan fingerprint density at radius 3 is 2.36 bits per heavy atom. The summed E-state index contributed by atoms with van der Waals surface area (Å²) in [7, 11) is 0. The maximum atomic E-state index is 12.5. The molecule has 2 aromatic heterocycles. The zero-order valence-electron chi connectivity index (χ0n) is 22.4. The van der Waals surface area contributed by atoms with Crippen molar-refractivity contribution in [2.45, 2.75) is 52.1 Å². The number of unbranched alkanes of at least 4 members (excludes halogenated alkanes) is 1. The van der Waals surface area contributed by atoms with E-state index in [1.54, 1.807) is 32.2 Å². The number of pyridine rings is 1. The summed E-state index contributed by atoms with van der Waals surface area (Å²) in [5.41, 5.74) is 3.95. The lowest BCUT2D eigenvalue weighted by atomic mass is 9.99. The highest BCUT2D eigenvalue weighted by Crippen LogP contribution is 2.28. The number of nitrogens with one attached hydrogen (secondary N) is 2. The molecule has 0 aliphatic carbocycles. The van der Waals surface area contributed by atoms with Crippen molar-refractivity contribution in [3.05, 3.63) is 84.1 Å². The lowest BCUT2D eigenvalue weighted by molar-refractivity contribution is -0.144. The Labute approximate surface area is 228 Å². The summed E-state index contributed by atoms with van der Waals surface area (Å²) in [6, 6.07) is 20.2. The van der Waals surface area contributed by atoms with Crippen LogP contribution in [0, 0.1) is 0 Å². The van der Waals surface area contributed by atoms with Crippen molar-refractivity contribution in [3.8, 4) is 23.0 Å². The fourth-order valence-corrected chi connectivity index (χ4v) is 4.05. The number of esters is 1. The number of ether oxygens (including phenoxy) is 1. The minimum Gasteiger partial charge on any atom is -0.464 e. The van der Waals surface area contributed by atoms with E-state index in [0.29, 0.717) is 23.0 Å². The lowest BCUT2D eigenvalue weighted by Gasteiger charge is -2.21. The van der Waals surface area contributed by atoms with Crippen molar-refractivity contribution in [1.82, 2.24) is 20.5 Å². The first-order valence-electron chi connectivity index (χ1n) is 13.2. The molecule has 1 unspecified atom stereocenters. The summed E-state index contributed by atoms with van der Waals surface area (Å²) in [4.78, 5) is 28.6. The topological polar surface area (TPSA) is 119 Å². The van der Waals surface area contributed by atoms with E-state index in [4.69, 9.17) is 9.15 Å². The Balaban J connectivity index is 1.43. The first-order valence-corrected chi connectivity index (χ1v) is 13.2. The molecule has 2 heterocycles. The van der Waals surface area contributed by atoms with Gasteiger partial charge in [0.05, 0.1) is 12.6 Å². The lowest BCUT2D eigenvalue weighted by Crippen LogP contribution is -2.39. The van der Waals surface area contributed by atoms with Crippen molar-refractivity contribution in [2.75, 3.05) is 11.9 Å². The molecule has 2 atom stereocenters. The highest BCUT2D eigenvalue weighted by atomic mass is 16.5. The van der Waals surface area contributed by atoms with Crippen LogP contribution in [-0.2, 0) is 9.53 Å². The van der Waals surface area contributed by atoms with Crippen LogP contribution in [0.2, 0.25) is 0 Å². The predicted octanol–water partition coefficient (Wildman–Crippen LogP) is 5.82. The van der Waals surface area contributed by atoms with Crippen LogP contribution in [0.4, 0.5) is 5.69 Å². The molecule has 0 aliphatic heterocycles.